The lowest BCUT2D eigenvalue weighted by Crippen LogP contribution is -2.29. The van der Waals surface area contributed by atoms with Crippen LogP contribution in [0.1, 0.15) is 34.7 Å². The number of hydrogen-bond acceptors (Lipinski definition) is 4. The zero-order valence-corrected chi connectivity index (χ0v) is 18.3. The van der Waals surface area contributed by atoms with Gasteiger partial charge in [-0.1, -0.05) is 17.7 Å². The molecule has 1 aliphatic carbocycles. The van der Waals surface area contributed by atoms with Crippen LogP contribution >= 0.6 is 11.6 Å². The van der Waals surface area contributed by atoms with Crippen molar-refractivity contribution in [1.82, 2.24) is 19.4 Å². The summed E-state index contributed by atoms with van der Waals surface area (Å²) in [5.74, 6) is 1.53. The number of aryl methyl sites for hydroxylation is 1. The number of imidazole rings is 1. The summed E-state index contributed by atoms with van der Waals surface area (Å²) >= 11 is 6.06. The van der Waals surface area contributed by atoms with Gasteiger partial charge in [-0.2, -0.15) is 0 Å². The number of nitrogens with zero attached hydrogens (tertiary/aromatic N) is 5. The summed E-state index contributed by atoms with van der Waals surface area (Å²) in [5, 5.41) is 0.650. The van der Waals surface area contributed by atoms with Gasteiger partial charge in [-0.15, -0.1) is 0 Å². The van der Waals surface area contributed by atoms with Crippen LogP contribution in [0.15, 0.2) is 48.8 Å². The molecule has 0 N–H and O–H groups in total. The summed E-state index contributed by atoms with van der Waals surface area (Å²) in [7, 11) is 3.82. The third-order valence-electron chi connectivity index (χ3n) is 5.29. The summed E-state index contributed by atoms with van der Waals surface area (Å²) in [5.41, 5.74) is 2.75. The van der Waals surface area contributed by atoms with Crippen LogP contribution in [0.5, 0.6) is 0 Å². The van der Waals surface area contributed by atoms with E-state index >= 15 is 0 Å². The van der Waals surface area contributed by atoms with Crippen molar-refractivity contribution in [3.63, 3.8) is 0 Å². The predicted octanol–water partition coefficient (Wildman–Crippen LogP) is 4.35. The number of benzene rings is 1. The van der Waals surface area contributed by atoms with Gasteiger partial charge in [0.1, 0.15) is 5.82 Å². The highest BCUT2D eigenvalue weighted by Gasteiger charge is 2.25. The molecule has 0 saturated heterocycles. The monoisotopic (exact) mass is 423 g/mol. The molecule has 2 aromatic heterocycles. The first kappa shape index (κ1) is 20.6. The molecule has 1 aliphatic rings. The van der Waals surface area contributed by atoms with Crippen molar-refractivity contribution >= 4 is 23.3 Å². The van der Waals surface area contributed by atoms with Crippen molar-refractivity contribution in [2.24, 2.45) is 5.92 Å². The minimum absolute atomic E-state index is 0.211. The molecule has 0 spiro atoms. The van der Waals surface area contributed by atoms with E-state index in [4.69, 9.17) is 16.6 Å². The number of anilines is 1. The highest BCUT2D eigenvalue weighted by Crippen LogP contribution is 2.29. The maximum absolute atomic E-state index is 13.3. The fourth-order valence-electron chi connectivity index (χ4n) is 3.45. The second-order valence-corrected chi connectivity index (χ2v) is 8.54. The van der Waals surface area contributed by atoms with Crippen LogP contribution in [0.3, 0.4) is 0 Å². The van der Waals surface area contributed by atoms with Gasteiger partial charge in [0.05, 0.1) is 5.69 Å². The third kappa shape index (κ3) is 4.71. The maximum atomic E-state index is 13.3. The van der Waals surface area contributed by atoms with Crippen molar-refractivity contribution in [1.29, 1.82) is 0 Å². The van der Waals surface area contributed by atoms with E-state index < -0.39 is 0 Å². The van der Waals surface area contributed by atoms with Gasteiger partial charge in [0, 0.05) is 43.2 Å². The molecule has 0 unspecified atom stereocenters. The number of amides is 1. The van der Waals surface area contributed by atoms with Gasteiger partial charge in [-0.25, -0.2) is 9.97 Å². The zero-order valence-electron chi connectivity index (χ0n) is 17.5. The molecule has 1 fully saturated rings. The lowest BCUT2D eigenvalue weighted by Gasteiger charge is -2.17. The van der Waals surface area contributed by atoms with Crippen LogP contribution < -0.4 is 4.90 Å². The van der Waals surface area contributed by atoms with Gasteiger partial charge in [-0.05, 0) is 68.6 Å². The van der Waals surface area contributed by atoms with Gasteiger partial charge < -0.3 is 4.90 Å². The molecule has 0 bridgehead atoms. The van der Waals surface area contributed by atoms with Crippen molar-refractivity contribution in [3.05, 3.63) is 70.9 Å². The Kier molecular flexibility index (Phi) is 5.88. The average molecular weight is 424 g/mol. The van der Waals surface area contributed by atoms with Crippen LogP contribution in [0, 0.1) is 12.8 Å². The van der Waals surface area contributed by atoms with E-state index in [0.29, 0.717) is 23.2 Å². The molecule has 3 aromatic rings. The Balaban J connectivity index is 1.65. The topological polar surface area (TPSA) is 54.3 Å². The Bertz CT molecular complexity index is 1020. The minimum atomic E-state index is -0.211. The molecule has 1 aromatic carbocycles. The molecule has 156 valence electrons. The van der Waals surface area contributed by atoms with Crippen LogP contribution in [0.4, 0.5) is 5.82 Å². The van der Waals surface area contributed by atoms with Gasteiger partial charge >= 0.3 is 0 Å². The standard InChI is InChI=1S/C23H26ClN5O/c1-16-4-11-21(25-12-16)28(3)23(30)22-26-19(14-27(2)13-17-5-6-17)15-29(22)20-9-7-18(24)8-10-20/h4,7-12,15,17H,5-6,13-14H2,1-3H3. The van der Waals surface area contributed by atoms with Crippen LogP contribution in [-0.2, 0) is 6.54 Å². The molecule has 7 heteroatoms. The Morgan fingerprint density at radius 2 is 1.90 bits per heavy atom. The molecule has 0 radical (unpaired) electrons. The fourth-order valence-corrected chi connectivity index (χ4v) is 3.58. The molecule has 0 aliphatic heterocycles. The first-order chi connectivity index (χ1) is 14.4. The van der Waals surface area contributed by atoms with E-state index in [1.54, 1.807) is 13.2 Å². The highest BCUT2D eigenvalue weighted by atomic mass is 35.5. The average Bonchev–Trinajstić information content (AvgIpc) is 3.44. The second kappa shape index (κ2) is 8.58. The molecule has 1 amide bonds. The molecular weight excluding hydrogens is 398 g/mol. The fraction of sp³-hybridized carbons (Fsp3) is 0.348. The molecule has 30 heavy (non-hydrogen) atoms. The van der Waals surface area contributed by atoms with E-state index in [9.17, 15) is 4.79 Å². The summed E-state index contributed by atoms with van der Waals surface area (Å²) in [6.45, 7) is 3.73. The SMILES string of the molecule is Cc1ccc(N(C)C(=O)c2nc(CN(C)CC3CC3)cn2-c2ccc(Cl)cc2)nc1. The van der Waals surface area contributed by atoms with Crippen molar-refractivity contribution in [2.75, 3.05) is 25.5 Å². The summed E-state index contributed by atoms with van der Waals surface area (Å²) in [6, 6.07) is 11.2. The van der Waals surface area contributed by atoms with Crippen LogP contribution in [0.25, 0.3) is 5.69 Å². The number of pyridine rings is 1. The zero-order chi connectivity index (χ0) is 21.3. The number of halogens is 1. The van der Waals surface area contributed by atoms with Gasteiger partial charge in [0.2, 0.25) is 5.82 Å². The van der Waals surface area contributed by atoms with Gasteiger partial charge in [0.15, 0.2) is 0 Å². The van der Waals surface area contributed by atoms with E-state index in [1.165, 1.54) is 17.7 Å². The number of hydrogen-bond donors (Lipinski definition) is 0. The normalized spacial score (nSPS) is 13.6. The van der Waals surface area contributed by atoms with Crippen molar-refractivity contribution < 1.29 is 4.79 Å². The lowest BCUT2D eigenvalue weighted by molar-refractivity contribution is 0.0980. The Morgan fingerprint density at radius 3 is 2.53 bits per heavy atom. The Labute approximate surface area is 182 Å². The number of rotatable bonds is 7. The number of carbonyl (C=O) groups is 1. The Morgan fingerprint density at radius 1 is 1.17 bits per heavy atom. The first-order valence-electron chi connectivity index (χ1n) is 10.1. The lowest BCUT2D eigenvalue weighted by atomic mass is 10.3. The van der Waals surface area contributed by atoms with Gasteiger partial charge in [-0.3, -0.25) is 14.3 Å². The molecule has 0 atom stereocenters. The summed E-state index contributed by atoms with van der Waals surface area (Å²) < 4.78 is 1.84. The van der Waals surface area contributed by atoms with E-state index in [2.05, 4.69) is 16.9 Å². The summed E-state index contributed by atoms with van der Waals surface area (Å²) in [4.78, 5) is 26.2. The number of carbonyl (C=O) groups excluding carboxylic acids is 1. The summed E-state index contributed by atoms with van der Waals surface area (Å²) in [6.07, 6.45) is 6.31. The molecule has 6 nitrogen and oxygen atoms in total. The van der Waals surface area contributed by atoms with Gasteiger partial charge in [0.25, 0.3) is 5.91 Å². The molecule has 2 heterocycles. The third-order valence-corrected chi connectivity index (χ3v) is 5.55. The second-order valence-electron chi connectivity index (χ2n) is 8.10. The molecule has 1 saturated carbocycles. The van der Waals surface area contributed by atoms with E-state index in [-0.39, 0.29) is 5.91 Å². The van der Waals surface area contributed by atoms with Crippen molar-refractivity contribution in [2.45, 2.75) is 26.3 Å². The number of aromatic nitrogens is 3. The molecule has 4 rings (SSSR count). The highest BCUT2D eigenvalue weighted by molar-refractivity contribution is 6.30. The van der Waals surface area contributed by atoms with Crippen LogP contribution in [0.2, 0.25) is 5.02 Å². The predicted molar refractivity (Wildman–Crippen MR) is 119 cm³/mol. The quantitative estimate of drug-likeness (QED) is 0.567. The smallest absolute Gasteiger partial charge is 0.295 e. The molecular formula is C23H26ClN5O. The minimum Gasteiger partial charge on any atom is -0.300 e. The Hall–Kier alpha value is -2.70. The maximum Gasteiger partial charge on any atom is 0.295 e. The largest absolute Gasteiger partial charge is 0.300 e. The van der Waals surface area contributed by atoms with Crippen LogP contribution in [-0.4, -0.2) is 46.0 Å². The van der Waals surface area contributed by atoms with Crippen molar-refractivity contribution in [3.8, 4) is 5.69 Å². The van der Waals surface area contributed by atoms with E-state index in [1.807, 2.05) is 54.1 Å². The van der Waals surface area contributed by atoms with E-state index in [0.717, 1.165) is 29.4 Å². The first-order valence-corrected chi connectivity index (χ1v) is 10.5.